The van der Waals surface area contributed by atoms with Crippen LogP contribution in [0.4, 0.5) is 26.1 Å². The van der Waals surface area contributed by atoms with Crippen LogP contribution >= 0.6 is 0 Å². The predicted octanol–water partition coefficient (Wildman–Crippen LogP) is 4.04. The summed E-state index contributed by atoms with van der Waals surface area (Å²) in [6.45, 7) is 0.588. The van der Waals surface area contributed by atoms with E-state index < -0.39 is 22.2 Å². The van der Waals surface area contributed by atoms with E-state index in [1.54, 1.807) is 18.3 Å². The minimum Gasteiger partial charge on any atom is -0.390 e. The van der Waals surface area contributed by atoms with Crippen LogP contribution in [0.3, 0.4) is 0 Å². The summed E-state index contributed by atoms with van der Waals surface area (Å²) in [6.07, 6.45) is 8.35. The van der Waals surface area contributed by atoms with Gasteiger partial charge < -0.3 is 15.7 Å². The van der Waals surface area contributed by atoms with Gasteiger partial charge in [-0.15, -0.1) is 0 Å². The van der Waals surface area contributed by atoms with Gasteiger partial charge in [0.25, 0.3) is 10.0 Å². The molecule has 4 aromatic heterocycles. The van der Waals surface area contributed by atoms with E-state index >= 15 is 0 Å². The van der Waals surface area contributed by atoms with Gasteiger partial charge in [0, 0.05) is 48.1 Å². The van der Waals surface area contributed by atoms with Crippen LogP contribution in [0.15, 0.2) is 49.1 Å². The summed E-state index contributed by atoms with van der Waals surface area (Å²) in [5, 5.41) is 25.0. The molecule has 0 bridgehead atoms. The molecular weight excluding hydrogens is 544 g/mol. The molecule has 0 atom stereocenters. The lowest BCUT2D eigenvalue weighted by Gasteiger charge is -2.34. The van der Waals surface area contributed by atoms with Crippen molar-refractivity contribution in [2.45, 2.75) is 57.7 Å². The van der Waals surface area contributed by atoms with E-state index in [0.29, 0.717) is 46.1 Å². The first-order valence-electron chi connectivity index (χ1n) is 12.7. The van der Waals surface area contributed by atoms with Gasteiger partial charge in [-0.25, -0.2) is 28.1 Å². The summed E-state index contributed by atoms with van der Waals surface area (Å²) in [5.74, 6) is 0.930. The number of aliphatic hydroxyl groups is 1. The molecule has 15 heteroatoms. The van der Waals surface area contributed by atoms with E-state index in [2.05, 4.69) is 35.8 Å². The highest BCUT2D eigenvalue weighted by Crippen LogP contribution is 2.34. The summed E-state index contributed by atoms with van der Waals surface area (Å²) in [4.78, 5) is 13.1. The second kappa shape index (κ2) is 10.9. The molecule has 4 heterocycles. The van der Waals surface area contributed by atoms with Gasteiger partial charge in [-0.2, -0.15) is 23.1 Å². The van der Waals surface area contributed by atoms with E-state index in [4.69, 9.17) is 0 Å². The predicted molar refractivity (Wildman–Crippen MR) is 145 cm³/mol. The lowest BCUT2D eigenvalue weighted by Crippen LogP contribution is -2.35. The van der Waals surface area contributed by atoms with Crippen LogP contribution in [0.2, 0.25) is 0 Å². The minimum absolute atomic E-state index is 0.0616. The first kappa shape index (κ1) is 27.6. The largest absolute Gasteiger partial charge is 0.390 e. The molecule has 40 heavy (non-hydrogen) atoms. The Labute approximate surface area is 229 Å². The third-order valence-corrected chi connectivity index (χ3v) is 8.27. The number of nitrogens with one attached hydrogen (secondary N) is 2. The molecular formula is C25H29F2N9O3S. The monoisotopic (exact) mass is 573 g/mol. The number of rotatable bonds is 9. The molecule has 212 valence electrons. The highest BCUT2D eigenvalue weighted by atomic mass is 32.2. The second-order valence-electron chi connectivity index (χ2n) is 9.85. The molecule has 0 aromatic carbocycles. The average Bonchev–Trinajstić information content (AvgIpc) is 3.62. The Morgan fingerprint density at radius 1 is 1.10 bits per heavy atom. The van der Waals surface area contributed by atoms with Crippen molar-refractivity contribution >= 4 is 27.3 Å². The van der Waals surface area contributed by atoms with Gasteiger partial charge >= 0.3 is 6.55 Å². The van der Waals surface area contributed by atoms with E-state index in [1.807, 2.05) is 6.92 Å². The van der Waals surface area contributed by atoms with Crippen LogP contribution in [0.25, 0.3) is 22.8 Å². The number of halogens is 2. The highest BCUT2D eigenvalue weighted by Gasteiger charge is 2.29. The van der Waals surface area contributed by atoms with Crippen LogP contribution < -0.4 is 10.6 Å². The molecule has 1 fully saturated rings. The number of hydrogen-bond donors (Lipinski definition) is 3. The smallest absolute Gasteiger partial charge is 0.333 e. The Bertz CT molecular complexity index is 1590. The number of alkyl halides is 2. The van der Waals surface area contributed by atoms with E-state index in [1.165, 1.54) is 37.6 Å². The van der Waals surface area contributed by atoms with E-state index in [9.17, 15) is 22.3 Å². The zero-order valence-corrected chi connectivity index (χ0v) is 22.7. The standard InChI is InChI=1S/C25H29F2N9O3S/c1-3-40(38,39)36-13-8-19(34-36)23-28-11-6-21(32-23)31-22-14-20(30-16-4-9-25(2,37)10-5-16)17(15-29-22)18-7-12-35(33-18)24(26)27/h6-8,11-16,24,37H,3-5,9-10H2,1-2H3,(H2,28,29,30,31,32). The molecule has 1 saturated carbocycles. The zero-order valence-electron chi connectivity index (χ0n) is 21.9. The molecule has 0 unspecified atom stereocenters. The van der Waals surface area contributed by atoms with Crippen molar-refractivity contribution in [3.05, 3.63) is 49.1 Å². The summed E-state index contributed by atoms with van der Waals surface area (Å²) in [5.41, 5.74) is 1.11. The minimum atomic E-state index is -3.54. The molecule has 0 radical (unpaired) electrons. The van der Waals surface area contributed by atoms with E-state index in [-0.39, 0.29) is 23.3 Å². The van der Waals surface area contributed by atoms with Crippen molar-refractivity contribution in [2.75, 3.05) is 16.4 Å². The van der Waals surface area contributed by atoms with E-state index in [0.717, 1.165) is 16.9 Å². The lowest BCUT2D eigenvalue weighted by atomic mass is 9.83. The third kappa shape index (κ3) is 6.09. The van der Waals surface area contributed by atoms with Crippen LogP contribution in [-0.2, 0) is 10.0 Å². The number of aromatic nitrogens is 7. The molecule has 3 N–H and O–H groups in total. The molecule has 5 rings (SSSR count). The van der Waals surface area contributed by atoms with Gasteiger partial charge in [0.15, 0.2) is 5.82 Å². The Morgan fingerprint density at radius 3 is 2.55 bits per heavy atom. The van der Waals surface area contributed by atoms with Gasteiger partial charge in [0.1, 0.15) is 17.3 Å². The molecule has 12 nitrogen and oxygen atoms in total. The van der Waals surface area contributed by atoms with Gasteiger partial charge in [-0.1, -0.05) is 0 Å². The number of hydrogen-bond acceptors (Lipinski definition) is 10. The maximum absolute atomic E-state index is 13.2. The maximum Gasteiger partial charge on any atom is 0.333 e. The molecule has 1 aliphatic rings. The number of pyridine rings is 1. The molecule has 0 aliphatic heterocycles. The first-order chi connectivity index (χ1) is 19.0. The summed E-state index contributed by atoms with van der Waals surface area (Å²) in [6, 6.07) is 6.45. The Kier molecular flexibility index (Phi) is 7.51. The quantitative estimate of drug-likeness (QED) is 0.267. The summed E-state index contributed by atoms with van der Waals surface area (Å²) in [7, 11) is -3.54. The lowest BCUT2D eigenvalue weighted by molar-refractivity contribution is 0.0196. The van der Waals surface area contributed by atoms with Crippen LogP contribution in [0.5, 0.6) is 0 Å². The Balaban J connectivity index is 1.42. The van der Waals surface area contributed by atoms with Gasteiger partial charge in [-0.05, 0) is 57.7 Å². The SMILES string of the molecule is CCS(=O)(=O)n1ccc(-c2nccc(Nc3cc(NC4CCC(C)(O)CC4)c(-c4ccn(C(F)F)n4)cn3)n2)n1. The van der Waals surface area contributed by atoms with Crippen LogP contribution in [0.1, 0.15) is 46.1 Å². The van der Waals surface area contributed by atoms with Crippen molar-refractivity contribution in [3.8, 4) is 22.8 Å². The molecule has 0 spiro atoms. The molecule has 0 saturated heterocycles. The zero-order chi connectivity index (χ0) is 28.5. The van der Waals surface area contributed by atoms with Gasteiger partial charge in [-0.3, -0.25) is 0 Å². The fourth-order valence-electron chi connectivity index (χ4n) is 4.44. The summed E-state index contributed by atoms with van der Waals surface area (Å²) >= 11 is 0. The fraction of sp³-hybridized carbons (Fsp3) is 0.400. The number of nitrogens with zero attached hydrogens (tertiary/aromatic N) is 7. The first-order valence-corrected chi connectivity index (χ1v) is 14.4. The van der Waals surface area contributed by atoms with Crippen molar-refractivity contribution in [1.82, 2.24) is 33.9 Å². The Morgan fingerprint density at radius 2 is 1.85 bits per heavy atom. The molecule has 1 aliphatic carbocycles. The topological polar surface area (TPSA) is 153 Å². The number of anilines is 3. The second-order valence-corrected chi connectivity index (χ2v) is 12.0. The van der Waals surface area contributed by atoms with Crippen molar-refractivity contribution in [3.63, 3.8) is 0 Å². The maximum atomic E-state index is 13.2. The highest BCUT2D eigenvalue weighted by molar-refractivity contribution is 7.89. The van der Waals surface area contributed by atoms with Crippen molar-refractivity contribution < 1.29 is 22.3 Å². The van der Waals surface area contributed by atoms with Crippen LogP contribution in [0, 0.1) is 0 Å². The van der Waals surface area contributed by atoms with Crippen molar-refractivity contribution in [2.24, 2.45) is 0 Å². The van der Waals surface area contributed by atoms with Crippen LogP contribution in [-0.4, -0.2) is 64.8 Å². The molecule has 0 amide bonds. The third-order valence-electron chi connectivity index (χ3n) is 6.77. The van der Waals surface area contributed by atoms with Gasteiger partial charge in [0.2, 0.25) is 0 Å². The average molecular weight is 574 g/mol. The summed E-state index contributed by atoms with van der Waals surface area (Å²) < 4.78 is 52.0. The Hall–Kier alpha value is -3.98. The fourth-order valence-corrected chi connectivity index (χ4v) is 5.16. The normalized spacial score (nSPS) is 19.6. The van der Waals surface area contributed by atoms with Gasteiger partial charge in [0.05, 0.1) is 17.0 Å². The van der Waals surface area contributed by atoms with Crippen molar-refractivity contribution in [1.29, 1.82) is 0 Å². The molecule has 4 aromatic rings.